The number of carbonyl (C=O) groups is 2. The molecule has 2 aromatic carbocycles. The Bertz CT molecular complexity index is 895. The minimum Gasteiger partial charge on any atom is -0.479 e. The third-order valence-electron chi connectivity index (χ3n) is 3.04. The van der Waals surface area contributed by atoms with Crippen molar-refractivity contribution in [2.75, 3.05) is 18.5 Å². The van der Waals surface area contributed by atoms with Gasteiger partial charge in [-0.1, -0.05) is 27.5 Å². The molecule has 0 aromatic heterocycles. The number of rotatable bonds is 7. The van der Waals surface area contributed by atoms with Crippen molar-refractivity contribution in [2.24, 2.45) is 0 Å². The normalized spacial score (nSPS) is 10.2. The summed E-state index contributed by atoms with van der Waals surface area (Å²) in [6, 6.07) is 7.51. The van der Waals surface area contributed by atoms with Crippen molar-refractivity contribution >= 4 is 50.8 Å². The Hall–Kier alpha value is -2.72. The van der Waals surface area contributed by atoms with E-state index in [1.165, 1.54) is 24.3 Å². The molecule has 142 valence electrons. The highest BCUT2D eigenvalue weighted by Crippen LogP contribution is 2.26. The summed E-state index contributed by atoms with van der Waals surface area (Å²) >= 11 is 8.93. The van der Waals surface area contributed by atoms with Crippen LogP contribution in [0.25, 0.3) is 0 Å². The molecule has 0 saturated carbocycles. The van der Waals surface area contributed by atoms with E-state index in [1.807, 2.05) is 0 Å². The summed E-state index contributed by atoms with van der Waals surface area (Å²) in [4.78, 5) is 33.5. The Labute approximate surface area is 165 Å². The lowest BCUT2D eigenvalue weighted by atomic mass is 10.3. The molecule has 0 aliphatic heterocycles. The lowest BCUT2D eigenvalue weighted by Crippen LogP contribution is -2.24. The van der Waals surface area contributed by atoms with Gasteiger partial charge in [-0.25, -0.2) is 9.18 Å². The van der Waals surface area contributed by atoms with Gasteiger partial charge in [0.1, 0.15) is 0 Å². The molecule has 0 radical (unpaired) electrons. The van der Waals surface area contributed by atoms with Crippen molar-refractivity contribution < 1.29 is 28.4 Å². The summed E-state index contributed by atoms with van der Waals surface area (Å²) < 4.78 is 23.7. The number of carbonyl (C=O) groups excluding carboxylic acids is 2. The number of amides is 1. The number of nitro groups is 1. The van der Waals surface area contributed by atoms with Gasteiger partial charge in [-0.15, -0.1) is 0 Å². The van der Waals surface area contributed by atoms with E-state index < -0.39 is 35.8 Å². The summed E-state index contributed by atoms with van der Waals surface area (Å²) in [5, 5.41) is 13.1. The number of benzene rings is 2. The molecule has 2 aromatic rings. The van der Waals surface area contributed by atoms with E-state index in [0.29, 0.717) is 4.47 Å². The molecule has 0 aliphatic carbocycles. The zero-order chi connectivity index (χ0) is 20.0. The Morgan fingerprint density at radius 1 is 1.22 bits per heavy atom. The highest BCUT2D eigenvalue weighted by Gasteiger charge is 2.14. The Balaban J connectivity index is 1.84. The molecule has 11 heteroatoms. The summed E-state index contributed by atoms with van der Waals surface area (Å²) in [5.41, 5.74) is -0.267. The molecule has 1 N–H and O–H groups in total. The number of nitrogens with one attached hydrogen (secondary N) is 1. The first-order valence-corrected chi connectivity index (χ1v) is 8.40. The van der Waals surface area contributed by atoms with E-state index in [9.17, 15) is 24.1 Å². The van der Waals surface area contributed by atoms with Crippen molar-refractivity contribution in [3.05, 3.63) is 61.8 Å². The number of nitro benzene ring substituents is 1. The fourth-order valence-corrected chi connectivity index (χ4v) is 2.32. The molecule has 8 nitrogen and oxygen atoms in total. The number of esters is 1. The van der Waals surface area contributed by atoms with E-state index in [2.05, 4.69) is 21.2 Å². The summed E-state index contributed by atoms with van der Waals surface area (Å²) in [7, 11) is 0. The van der Waals surface area contributed by atoms with Crippen molar-refractivity contribution in [1.82, 2.24) is 0 Å². The fraction of sp³-hybridized carbons (Fsp3) is 0.125. The first-order valence-electron chi connectivity index (χ1n) is 7.23. The SMILES string of the molecule is O=C(COC(=O)COc1ccc(Br)cc1F)Nc1cc([N+](=O)[O-])ccc1Cl. The van der Waals surface area contributed by atoms with Gasteiger partial charge in [-0.05, 0) is 24.3 Å². The second-order valence-electron chi connectivity index (χ2n) is 4.99. The smallest absolute Gasteiger partial charge is 0.344 e. The minimum absolute atomic E-state index is 0.0000919. The molecule has 27 heavy (non-hydrogen) atoms. The van der Waals surface area contributed by atoms with Gasteiger partial charge < -0.3 is 14.8 Å². The second-order valence-corrected chi connectivity index (χ2v) is 6.32. The molecular formula is C16H11BrClFN2O6. The van der Waals surface area contributed by atoms with Crippen LogP contribution < -0.4 is 10.1 Å². The minimum atomic E-state index is -0.905. The van der Waals surface area contributed by atoms with Crippen molar-refractivity contribution in [3.63, 3.8) is 0 Å². The van der Waals surface area contributed by atoms with Crippen molar-refractivity contribution in [2.45, 2.75) is 0 Å². The van der Waals surface area contributed by atoms with Crippen LogP contribution in [0.5, 0.6) is 5.75 Å². The van der Waals surface area contributed by atoms with Crippen LogP contribution in [0.1, 0.15) is 0 Å². The van der Waals surface area contributed by atoms with Gasteiger partial charge in [0.05, 0.1) is 15.6 Å². The number of hydrogen-bond donors (Lipinski definition) is 1. The van der Waals surface area contributed by atoms with Gasteiger partial charge in [0.15, 0.2) is 24.8 Å². The molecule has 0 heterocycles. The largest absolute Gasteiger partial charge is 0.479 e. The van der Waals surface area contributed by atoms with E-state index in [4.69, 9.17) is 21.1 Å². The van der Waals surface area contributed by atoms with E-state index in [-0.39, 0.29) is 22.1 Å². The molecule has 2 rings (SSSR count). The molecule has 0 fully saturated rings. The van der Waals surface area contributed by atoms with Crippen LogP contribution in [0.4, 0.5) is 15.8 Å². The van der Waals surface area contributed by atoms with E-state index in [0.717, 1.165) is 12.1 Å². The second kappa shape index (κ2) is 9.28. The van der Waals surface area contributed by atoms with Gasteiger partial charge in [-0.3, -0.25) is 14.9 Å². The molecule has 1 amide bonds. The molecule has 0 bridgehead atoms. The van der Waals surface area contributed by atoms with Gasteiger partial charge in [0, 0.05) is 16.6 Å². The average molecular weight is 462 g/mol. The lowest BCUT2D eigenvalue weighted by molar-refractivity contribution is -0.384. The fourth-order valence-electron chi connectivity index (χ4n) is 1.83. The molecule has 0 unspecified atom stereocenters. The maximum Gasteiger partial charge on any atom is 0.344 e. The predicted octanol–water partition coefficient (Wildman–Crippen LogP) is 3.71. The van der Waals surface area contributed by atoms with Gasteiger partial charge in [-0.2, -0.15) is 0 Å². The number of nitrogens with zero attached hydrogens (tertiary/aromatic N) is 1. The van der Waals surface area contributed by atoms with Crippen LogP contribution in [0.3, 0.4) is 0 Å². The first-order chi connectivity index (χ1) is 12.8. The molecule has 0 aliphatic rings. The predicted molar refractivity (Wildman–Crippen MR) is 97.3 cm³/mol. The molecule has 0 atom stereocenters. The van der Waals surface area contributed by atoms with Crippen molar-refractivity contribution in [3.8, 4) is 5.75 Å². The number of non-ortho nitro benzene ring substituents is 1. The first kappa shape index (κ1) is 20.6. The average Bonchev–Trinajstić information content (AvgIpc) is 2.61. The van der Waals surface area contributed by atoms with E-state index >= 15 is 0 Å². The van der Waals surface area contributed by atoms with Crippen LogP contribution in [0.2, 0.25) is 5.02 Å². The third-order valence-corrected chi connectivity index (χ3v) is 3.86. The van der Waals surface area contributed by atoms with Crippen LogP contribution in [-0.4, -0.2) is 30.0 Å². The maximum absolute atomic E-state index is 13.6. The lowest BCUT2D eigenvalue weighted by Gasteiger charge is -2.09. The third kappa shape index (κ3) is 6.19. The standard InChI is InChI=1S/C16H11BrClFN2O6/c17-9-1-4-14(12(19)5-9)26-8-16(23)27-7-15(22)20-13-6-10(21(24)25)2-3-11(13)18/h1-6H,7-8H2,(H,20,22). The Morgan fingerprint density at radius 3 is 2.63 bits per heavy atom. The van der Waals surface area contributed by atoms with Crippen LogP contribution in [0, 0.1) is 15.9 Å². The van der Waals surface area contributed by atoms with E-state index in [1.54, 1.807) is 0 Å². The quantitative estimate of drug-likeness (QED) is 0.383. The molecule has 0 spiro atoms. The summed E-state index contributed by atoms with van der Waals surface area (Å²) in [6.07, 6.45) is 0. The Kier molecular flexibility index (Phi) is 7.08. The summed E-state index contributed by atoms with van der Waals surface area (Å²) in [6.45, 7) is -1.28. The van der Waals surface area contributed by atoms with Crippen LogP contribution in [-0.2, 0) is 14.3 Å². The number of halogens is 3. The zero-order valence-electron chi connectivity index (χ0n) is 13.4. The molecular weight excluding hydrogens is 451 g/mol. The number of anilines is 1. The molecule has 0 saturated heterocycles. The monoisotopic (exact) mass is 460 g/mol. The van der Waals surface area contributed by atoms with Crippen LogP contribution in [0.15, 0.2) is 40.9 Å². The number of ether oxygens (including phenoxy) is 2. The highest BCUT2D eigenvalue weighted by molar-refractivity contribution is 9.10. The van der Waals surface area contributed by atoms with Gasteiger partial charge >= 0.3 is 5.97 Å². The highest BCUT2D eigenvalue weighted by atomic mass is 79.9. The van der Waals surface area contributed by atoms with Crippen molar-refractivity contribution in [1.29, 1.82) is 0 Å². The number of hydrogen-bond acceptors (Lipinski definition) is 6. The van der Waals surface area contributed by atoms with Gasteiger partial charge in [0.2, 0.25) is 0 Å². The topological polar surface area (TPSA) is 108 Å². The Morgan fingerprint density at radius 2 is 1.96 bits per heavy atom. The maximum atomic E-state index is 13.6. The zero-order valence-corrected chi connectivity index (χ0v) is 15.8. The van der Waals surface area contributed by atoms with Crippen LogP contribution >= 0.6 is 27.5 Å². The summed E-state index contributed by atoms with van der Waals surface area (Å²) in [5.74, 6) is -2.49. The van der Waals surface area contributed by atoms with Gasteiger partial charge in [0.25, 0.3) is 11.6 Å².